The SMILES string of the molecule is C[C@]12CC[C@H]3[C@@H](CCC4=C/C(=N/O)CC[C@@]43C)C1=CC=C2c1cccnc1. The molecule has 0 radical (unpaired) electrons. The summed E-state index contributed by atoms with van der Waals surface area (Å²) in [6, 6.07) is 4.25. The largest absolute Gasteiger partial charge is 0.411 e. The van der Waals surface area contributed by atoms with Gasteiger partial charge in [0.15, 0.2) is 0 Å². The van der Waals surface area contributed by atoms with Gasteiger partial charge in [-0.3, -0.25) is 4.98 Å². The van der Waals surface area contributed by atoms with E-state index in [0.29, 0.717) is 11.8 Å². The van der Waals surface area contributed by atoms with E-state index in [0.717, 1.165) is 25.0 Å². The lowest BCUT2D eigenvalue weighted by Crippen LogP contribution is -2.47. The van der Waals surface area contributed by atoms with Gasteiger partial charge in [-0.25, -0.2) is 0 Å². The number of hydrogen-bond donors (Lipinski definition) is 1. The first kappa shape index (κ1) is 17.0. The molecule has 5 rings (SSSR count). The number of fused-ring (bicyclic) bond motifs is 5. The van der Waals surface area contributed by atoms with E-state index >= 15 is 0 Å². The number of oxime groups is 1. The Morgan fingerprint density at radius 1 is 1.15 bits per heavy atom. The summed E-state index contributed by atoms with van der Waals surface area (Å²) in [4.78, 5) is 4.36. The monoisotopic (exact) mass is 360 g/mol. The van der Waals surface area contributed by atoms with Crippen molar-refractivity contribution < 1.29 is 5.21 Å². The number of nitrogens with zero attached hydrogens (tertiary/aromatic N) is 2. The van der Waals surface area contributed by atoms with Crippen molar-refractivity contribution >= 4 is 11.3 Å². The number of rotatable bonds is 1. The minimum atomic E-state index is 0.161. The van der Waals surface area contributed by atoms with E-state index in [1.54, 1.807) is 5.57 Å². The average Bonchev–Trinajstić information content (AvgIpc) is 3.05. The van der Waals surface area contributed by atoms with E-state index in [2.05, 4.69) is 48.3 Å². The van der Waals surface area contributed by atoms with Gasteiger partial charge in [0.25, 0.3) is 0 Å². The van der Waals surface area contributed by atoms with Gasteiger partial charge in [0.2, 0.25) is 0 Å². The zero-order chi connectivity index (χ0) is 18.6. The van der Waals surface area contributed by atoms with Gasteiger partial charge in [-0.2, -0.15) is 0 Å². The Morgan fingerprint density at radius 2 is 2.04 bits per heavy atom. The molecule has 140 valence electrons. The maximum Gasteiger partial charge on any atom is 0.0795 e. The molecule has 0 aromatic carbocycles. The fourth-order valence-corrected chi connectivity index (χ4v) is 6.58. The van der Waals surface area contributed by atoms with Crippen molar-refractivity contribution in [1.29, 1.82) is 0 Å². The van der Waals surface area contributed by atoms with Crippen molar-refractivity contribution in [3.8, 4) is 0 Å². The fourth-order valence-electron chi connectivity index (χ4n) is 6.58. The van der Waals surface area contributed by atoms with E-state index in [1.807, 2.05) is 18.5 Å². The maximum absolute atomic E-state index is 9.21. The lowest BCUT2D eigenvalue weighted by atomic mass is 9.48. The maximum atomic E-state index is 9.21. The van der Waals surface area contributed by atoms with E-state index in [-0.39, 0.29) is 10.8 Å². The molecule has 27 heavy (non-hydrogen) atoms. The van der Waals surface area contributed by atoms with E-state index in [1.165, 1.54) is 36.0 Å². The molecule has 1 N–H and O–H groups in total. The molecule has 2 fully saturated rings. The van der Waals surface area contributed by atoms with Gasteiger partial charge in [0.1, 0.15) is 0 Å². The zero-order valence-corrected chi connectivity index (χ0v) is 16.3. The Morgan fingerprint density at radius 3 is 2.81 bits per heavy atom. The third-order valence-electron chi connectivity index (χ3n) is 8.12. The molecular weight excluding hydrogens is 332 g/mol. The second-order valence-corrected chi connectivity index (χ2v) is 9.24. The molecule has 1 heterocycles. The number of hydrogen-bond acceptors (Lipinski definition) is 3. The van der Waals surface area contributed by atoms with Crippen molar-refractivity contribution in [2.45, 2.75) is 52.4 Å². The second-order valence-electron chi connectivity index (χ2n) is 9.24. The highest BCUT2D eigenvalue weighted by atomic mass is 16.4. The molecule has 0 bridgehead atoms. The van der Waals surface area contributed by atoms with Crippen molar-refractivity contribution in [2.24, 2.45) is 27.8 Å². The van der Waals surface area contributed by atoms with Gasteiger partial charge in [-0.1, -0.05) is 48.4 Å². The van der Waals surface area contributed by atoms with Crippen molar-refractivity contribution in [2.75, 3.05) is 0 Å². The van der Waals surface area contributed by atoms with E-state index in [9.17, 15) is 5.21 Å². The van der Waals surface area contributed by atoms with Crippen molar-refractivity contribution in [1.82, 2.24) is 4.98 Å². The van der Waals surface area contributed by atoms with Gasteiger partial charge >= 0.3 is 0 Å². The zero-order valence-electron chi connectivity index (χ0n) is 16.3. The molecule has 2 saturated carbocycles. The molecule has 0 saturated heterocycles. The number of allylic oxidation sites excluding steroid dienone is 6. The third kappa shape index (κ3) is 2.33. The third-order valence-corrected chi connectivity index (χ3v) is 8.12. The van der Waals surface area contributed by atoms with Gasteiger partial charge in [0.05, 0.1) is 5.71 Å². The molecule has 1 aromatic rings. The summed E-state index contributed by atoms with van der Waals surface area (Å²) in [5.74, 6) is 1.38. The molecule has 3 nitrogen and oxygen atoms in total. The summed E-state index contributed by atoms with van der Waals surface area (Å²) in [6.07, 6.45) is 17.7. The van der Waals surface area contributed by atoms with Crippen LogP contribution in [0.4, 0.5) is 0 Å². The summed E-state index contributed by atoms with van der Waals surface area (Å²) < 4.78 is 0. The Bertz CT molecular complexity index is 894. The number of aromatic nitrogens is 1. The van der Waals surface area contributed by atoms with Crippen LogP contribution in [-0.2, 0) is 0 Å². The van der Waals surface area contributed by atoms with Crippen LogP contribution in [0.2, 0.25) is 0 Å². The van der Waals surface area contributed by atoms with Crippen LogP contribution in [0.15, 0.2) is 59.1 Å². The van der Waals surface area contributed by atoms with Crippen LogP contribution in [0.3, 0.4) is 0 Å². The average molecular weight is 361 g/mol. The van der Waals surface area contributed by atoms with Crippen LogP contribution < -0.4 is 0 Å². The van der Waals surface area contributed by atoms with Crippen LogP contribution in [0, 0.1) is 22.7 Å². The minimum absolute atomic E-state index is 0.161. The Labute approximate surface area is 161 Å². The summed E-state index contributed by atoms with van der Waals surface area (Å²) >= 11 is 0. The van der Waals surface area contributed by atoms with Crippen LogP contribution in [0.1, 0.15) is 57.9 Å². The van der Waals surface area contributed by atoms with Gasteiger partial charge in [-0.05, 0) is 79.1 Å². The topological polar surface area (TPSA) is 45.5 Å². The Balaban J connectivity index is 1.49. The quantitative estimate of drug-likeness (QED) is 0.509. The fraction of sp³-hybridized carbons (Fsp3) is 0.500. The smallest absolute Gasteiger partial charge is 0.0795 e. The van der Waals surface area contributed by atoms with Crippen LogP contribution >= 0.6 is 0 Å². The van der Waals surface area contributed by atoms with Gasteiger partial charge in [0, 0.05) is 17.8 Å². The van der Waals surface area contributed by atoms with E-state index < -0.39 is 0 Å². The first-order valence-electron chi connectivity index (χ1n) is 10.3. The van der Waals surface area contributed by atoms with Crippen molar-refractivity contribution in [3.63, 3.8) is 0 Å². The van der Waals surface area contributed by atoms with Crippen LogP contribution in [-0.4, -0.2) is 15.9 Å². The summed E-state index contributed by atoms with van der Waals surface area (Å²) in [6.45, 7) is 4.92. The standard InChI is InChI=1S/C24H28N2O/c1-23-11-9-18(26-27)14-17(23)5-6-19-21-8-7-20(16-4-3-13-25-15-16)24(21,2)12-10-22(19)23/h3-4,7-8,13-15,19,22,27H,5-6,9-12H2,1-2H3/b26-18+/t19-,22-,23-,24+/m0/s1. The summed E-state index contributed by atoms with van der Waals surface area (Å²) in [7, 11) is 0. The summed E-state index contributed by atoms with van der Waals surface area (Å²) in [5, 5.41) is 12.7. The van der Waals surface area contributed by atoms with E-state index in [4.69, 9.17) is 0 Å². The lowest BCUT2D eigenvalue weighted by molar-refractivity contribution is 0.0716. The second kappa shape index (κ2) is 5.92. The van der Waals surface area contributed by atoms with Gasteiger partial charge in [-0.15, -0.1) is 0 Å². The lowest BCUT2D eigenvalue weighted by Gasteiger charge is -2.56. The molecule has 4 aliphatic rings. The normalized spacial score (nSPS) is 39.0. The first-order valence-corrected chi connectivity index (χ1v) is 10.3. The molecule has 0 aliphatic heterocycles. The molecule has 0 amide bonds. The molecule has 1 aromatic heterocycles. The molecule has 0 unspecified atom stereocenters. The molecule has 4 aliphatic carbocycles. The molecular formula is C24H28N2O. The van der Waals surface area contributed by atoms with Crippen LogP contribution in [0.25, 0.3) is 5.57 Å². The molecule has 3 heteroatoms. The van der Waals surface area contributed by atoms with Gasteiger partial charge < -0.3 is 5.21 Å². The Hall–Kier alpha value is -2.16. The Kier molecular flexibility index (Phi) is 3.72. The van der Waals surface area contributed by atoms with Crippen molar-refractivity contribution in [3.05, 3.63) is 59.5 Å². The highest BCUT2D eigenvalue weighted by Crippen LogP contribution is 2.65. The highest BCUT2D eigenvalue weighted by molar-refractivity contribution is 5.96. The minimum Gasteiger partial charge on any atom is -0.411 e. The first-order chi connectivity index (χ1) is 13.1. The predicted octanol–water partition coefficient (Wildman–Crippen LogP) is 5.79. The molecule has 4 atom stereocenters. The highest BCUT2D eigenvalue weighted by Gasteiger charge is 2.54. The predicted molar refractivity (Wildman–Crippen MR) is 108 cm³/mol. The number of pyridine rings is 1. The molecule has 0 spiro atoms. The summed E-state index contributed by atoms with van der Waals surface area (Å²) in [5.41, 5.74) is 7.18. The van der Waals surface area contributed by atoms with Crippen LogP contribution in [0.5, 0.6) is 0 Å².